The summed E-state index contributed by atoms with van der Waals surface area (Å²) in [7, 11) is 0. The molecule has 1 amide bonds. The lowest BCUT2D eigenvalue weighted by atomic mass is 10.1. The first-order valence-electron chi connectivity index (χ1n) is 7.82. The molecular formula is C18H15N3O4. The van der Waals surface area contributed by atoms with Crippen LogP contribution in [0.25, 0.3) is 11.0 Å². The van der Waals surface area contributed by atoms with E-state index in [2.05, 4.69) is 15.3 Å². The summed E-state index contributed by atoms with van der Waals surface area (Å²) in [5.41, 5.74) is 3.43. The van der Waals surface area contributed by atoms with Crippen molar-refractivity contribution < 1.29 is 19.1 Å². The van der Waals surface area contributed by atoms with E-state index in [9.17, 15) is 9.59 Å². The van der Waals surface area contributed by atoms with Crippen LogP contribution in [-0.4, -0.2) is 22.0 Å². The van der Waals surface area contributed by atoms with Crippen molar-refractivity contribution in [2.75, 3.05) is 5.32 Å². The fraction of sp³-hybridized carbons (Fsp3) is 0.167. The van der Waals surface area contributed by atoms with Gasteiger partial charge in [-0.3, -0.25) is 5.32 Å². The first-order valence-corrected chi connectivity index (χ1v) is 7.82. The van der Waals surface area contributed by atoms with Crippen LogP contribution in [-0.2, 0) is 16.1 Å². The molecule has 7 nitrogen and oxygen atoms in total. The number of ether oxygens (including phenoxy) is 2. The minimum atomic E-state index is -0.626. The number of hydrogen-bond donors (Lipinski definition) is 2. The molecule has 1 aliphatic rings. The van der Waals surface area contributed by atoms with E-state index in [0.717, 1.165) is 16.6 Å². The summed E-state index contributed by atoms with van der Waals surface area (Å²) < 4.78 is 10.3. The Balaban J connectivity index is 1.45. The molecule has 1 atom stereocenters. The number of aromatic nitrogens is 2. The van der Waals surface area contributed by atoms with Gasteiger partial charge in [0.2, 0.25) is 0 Å². The van der Waals surface area contributed by atoms with Gasteiger partial charge in [0.15, 0.2) is 6.10 Å². The van der Waals surface area contributed by atoms with Crippen LogP contribution in [0.3, 0.4) is 0 Å². The summed E-state index contributed by atoms with van der Waals surface area (Å²) in [5.74, 6) is 0.177. The van der Waals surface area contributed by atoms with Crippen molar-refractivity contribution in [2.24, 2.45) is 0 Å². The number of nitrogens with zero attached hydrogens (tertiary/aromatic N) is 1. The summed E-state index contributed by atoms with van der Waals surface area (Å²) in [6.07, 6.45) is -1.17. The van der Waals surface area contributed by atoms with E-state index in [0.29, 0.717) is 17.1 Å². The van der Waals surface area contributed by atoms with E-state index in [1.54, 1.807) is 25.1 Å². The summed E-state index contributed by atoms with van der Waals surface area (Å²) >= 11 is 0. The highest BCUT2D eigenvalue weighted by Gasteiger charge is 2.22. The van der Waals surface area contributed by atoms with Gasteiger partial charge in [-0.1, -0.05) is 18.2 Å². The van der Waals surface area contributed by atoms with Gasteiger partial charge in [-0.25, -0.2) is 14.6 Å². The minimum absolute atomic E-state index is 0.266. The van der Waals surface area contributed by atoms with Crippen LogP contribution in [0.1, 0.15) is 34.8 Å². The number of fused-ring (bicyclic) bond motifs is 2. The van der Waals surface area contributed by atoms with Gasteiger partial charge in [0, 0.05) is 11.3 Å². The number of rotatable bonds is 3. The largest absolute Gasteiger partial charge is 0.457 e. The third-order valence-corrected chi connectivity index (χ3v) is 4.01. The highest BCUT2D eigenvalue weighted by molar-refractivity contribution is 5.95. The Morgan fingerprint density at radius 3 is 3.00 bits per heavy atom. The number of para-hydroxylation sites is 2. The Morgan fingerprint density at radius 2 is 2.16 bits per heavy atom. The van der Waals surface area contributed by atoms with Crippen molar-refractivity contribution in [3.63, 3.8) is 0 Å². The Bertz CT molecular complexity index is 946. The normalized spacial score (nSPS) is 14.0. The number of anilines is 1. The van der Waals surface area contributed by atoms with Gasteiger partial charge in [0.05, 0.1) is 16.6 Å². The number of esters is 1. The van der Waals surface area contributed by atoms with Crippen molar-refractivity contribution in [1.82, 2.24) is 9.97 Å². The Hall–Kier alpha value is -3.35. The molecule has 1 unspecified atom stereocenters. The molecule has 2 heterocycles. The quantitative estimate of drug-likeness (QED) is 0.713. The predicted octanol–water partition coefficient (Wildman–Crippen LogP) is 3.54. The zero-order valence-corrected chi connectivity index (χ0v) is 13.4. The second-order valence-corrected chi connectivity index (χ2v) is 5.76. The second kappa shape index (κ2) is 5.94. The van der Waals surface area contributed by atoms with E-state index < -0.39 is 12.2 Å². The molecule has 2 aromatic carbocycles. The van der Waals surface area contributed by atoms with Crippen LogP contribution in [0.5, 0.6) is 0 Å². The van der Waals surface area contributed by atoms with Crippen molar-refractivity contribution in [1.29, 1.82) is 0 Å². The monoisotopic (exact) mass is 337 g/mol. The minimum Gasteiger partial charge on any atom is -0.457 e. The smallest absolute Gasteiger partial charge is 0.412 e. The van der Waals surface area contributed by atoms with Crippen LogP contribution in [0.2, 0.25) is 0 Å². The third-order valence-electron chi connectivity index (χ3n) is 4.01. The average Bonchev–Trinajstić information content (AvgIpc) is 3.19. The van der Waals surface area contributed by atoms with E-state index >= 15 is 0 Å². The molecule has 0 spiro atoms. The molecule has 0 saturated carbocycles. The molecule has 7 heteroatoms. The summed E-state index contributed by atoms with van der Waals surface area (Å²) in [5, 5.41) is 2.62. The fourth-order valence-electron chi connectivity index (χ4n) is 2.72. The van der Waals surface area contributed by atoms with Gasteiger partial charge >= 0.3 is 12.1 Å². The SMILES string of the molecule is CC(OC(=O)Nc1ccc2c(c1)C(=O)OC2)c1nc2ccccc2[nH]1. The number of nitrogens with one attached hydrogen (secondary N) is 2. The summed E-state index contributed by atoms with van der Waals surface area (Å²) in [6.45, 7) is 2.00. The zero-order chi connectivity index (χ0) is 17.4. The molecule has 2 N–H and O–H groups in total. The average molecular weight is 337 g/mol. The number of carbonyl (C=O) groups excluding carboxylic acids is 2. The number of aromatic amines is 1. The maximum absolute atomic E-state index is 12.1. The Kier molecular flexibility index (Phi) is 3.61. The third kappa shape index (κ3) is 2.91. The topological polar surface area (TPSA) is 93.3 Å². The molecule has 0 bridgehead atoms. The first-order chi connectivity index (χ1) is 12.1. The van der Waals surface area contributed by atoms with E-state index in [-0.39, 0.29) is 12.6 Å². The van der Waals surface area contributed by atoms with Crippen LogP contribution in [0, 0.1) is 0 Å². The van der Waals surface area contributed by atoms with Gasteiger partial charge in [0.1, 0.15) is 12.4 Å². The Morgan fingerprint density at radius 1 is 1.32 bits per heavy atom. The first kappa shape index (κ1) is 15.2. The Labute approximate surface area is 143 Å². The fourth-order valence-corrected chi connectivity index (χ4v) is 2.72. The molecule has 0 aliphatic carbocycles. The van der Waals surface area contributed by atoms with Crippen LogP contribution < -0.4 is 5.32 Å². The predicted molar refractivity (Wildman–Crippen MR) is 90.2 cm³/mol. The molecule has 126 valence electrons. The van der Waals surface area contributed by atoms with Gasteiger partial charge in [-0.05, 0) is 31.2 Å². The number of H-pyrrole nitrogens is 1. The van der Waals surface area contributed by atoms with Crippen molar-refractivity contribution >= 4 is 28.8 Å². The standard InChI is InChI=1S/C18H15N3O4/c1-10(16-20-14-4-2-3-5-15(14)21-16)25-18(23)19-12-7-6-11-9-24-17(22)13(11)8-12/h2-8,10H,9H2,1H3,(H,19,23)(H,20,21). The molecule has 1 aromatic heterocycles. The zero-order valence-electron chi connectivity index (χ0n) is 13.4. The number of carbonyl (C=O) groups is 2. The molecule has 4 rings (SSSR count). The lowest BCUT2D eigenvalue weighted by molar-refractivity contribution is 0.0535. The van der Waals surface area contributed by atoms with Crippen molar-refractivity contribution in [3.05, 3.63) is 59.4 Å². The maximum atomic E-state index is 12.1. The van der Waals surface area contributed by atoms with Gasteiger partial charge in [-0.15, -0.1) is 0 Å². The number of imidazole rings is 1. The second-order valence-electron chi connectivity index (χ2n) is 5.76. The maximum Gasteiger partial charge on any atom is 0.412 e. The molecule has 1 aliphatic heterocycles. The molecule has 0 radical (unpaired) electrons. The highest BCUT2D eigenvalue weighted by atomic mass is 16.6. The van der Waals surface area contributed by atoms with E-state index in [1.165, 1.54) is 0 Å². The lowest BCUT2D eigenvalue weighted by Crippen LogP contribution is -2.17. The highest BCUT2D eigenvalue weighted by Crippen LogP contribution is 2.24. The van der Waals surface area contributed by atoms with Crippen LogP contribution in [0.4, 0.5) is 10.5 Å². The van der Waals surface area contributed by atoms with Crippen LogP contribution in [0.15, 0.2) is 42.5 Å². The lowest BCUT2D eigenvalue weighted by Gasteiger charge is -2.12. The van der Waals surface area contributed by atoms with Crippen molar-refractivity contribution in [3.8, 4) is 0 Å². The van der Waals surface area contributed by atoms with E-state index in [4.69, 9.17) is 9.47 Å². The molecule has 25 heavy (non-hydrogen) atoms. The molecule has 0 saturated heterocycles. The van der Waals surface area contributed by atoms with Gasteiger partial charge in [-0.2, -0.15) is 0 Å². The number of cyclic esters (lactones) is 1. The number of benzene rings is 2. The number of hydrogen-bond acceptors (Lipinski definition) is 5. The molecular weight excluding hydrogens is 322 g/mol. The van der Waals surface area contributed by atoms with Crippen LogP contribution >= 0.6 is 0 Å². The molecule has 3 aromatic rings. The number of amides is 1. The summed E-state index contributed by atoms with van der Waals surface area (Å²) in [4.78, 5) is 31.2. The van der Waals surface area contributed by atoms with E-state index in [1.807, 2.05) is 24.3 Å². The van der Waals surface area contributed by atoms with Gasteiger partial charge < -0.3 is 14.5 Å². The summed E-state index contributed by atoms with van der Waals surface area (Å²) in [6, 6.07) is 12.6. The van der Waals surface area contributed by atoms with Gasteiger partial charge in [0.25, 0.3) is 0 Å². The molecule has 0 fully saturated rings. The van der Waals surface area contributed by atoms with Crippen molar-refractivity contribution in [2.45, 2.75) is 19.6 Å².